The molecule has 0 aliphatic carbocycles. The quantitative estimate of drug-likeness (QED) is 0.514. The highest BCUT2D eigenvalue weighted by molar-refractivity contribution is 6.10. The van der Waals surface area contributed by atoms with E-state index >= 15 is 0 Å². The largest absolute Gasteiger partial charge is 0.489 e. The zero-order valence-corrected chi connectivity index (χ0v) is 18.3. The van der Waals surface area contributed by atoms with Crippen molar-refractivity contribution in [1.82, 2.24) is 10.2 Å². The van der Waals surface area contributed by atoms with Crippen LogP contribution in [0.1, 0.15) is 24.5 Å². The van der Waals surface area contributed by atoms with Crippen molar-refractivity contribution >= 4 is 23.5 Å². The molecule has 0 aromatic heterocycles. The van der Waals surface area contributed by atoms with Crippen LogP contribution in [-0.4, -0.2) is 29.3 Å². The maximum Gasteiger partial charge on any atom is 0.325 e. The number of ether oxygens (including phenoxy) is 1. The molecule has 1 fully saturated rings. The van der Waals surface area contributed by atoms with E-state index in [1.807, 2.05) is 55.5 Å². The average molecular weight is 444 g/mol. The molecule has 168 valence electrons. The number of carbonyl (C=O) groups is 3. The number of amides is 4. The Bertz CT molecular complexity index is 1130. The lowest BCUT2D eigenvalue weighted by Crippen LogP contribution is -2.44. The van der Waals surface area contributed by atoms with Crippen molar-refractivity contribution in [2.75, 3.05) is 11.9 Å². The van der Waals surface area contributed by atoms with Crippen LogP contribution in [0.3, 0.4) is 0 Å². The van der Waals surface area contributed by atoms with E-state index < -0.39 is 23.4 Å². The summed E-state index contributed by atoms with van der Waals surface area (Å²) in [5.74, 6) is -0.223. The lowest BCUT2D eigenvalue weighted by atomic mass is 9.87. The predicted molar refractivity (Wildman–Crippen MR) is 125 cm³/mol. The van der Waals surface area contributed by atoms with Gasteiger partial charge in [-0.15, -0.1) is 0 Å². The van der Waals surface area contributed by atoms with E-state index in [9.17, 15) is 14.4 Å². The summed E-state index contributed by atoms with van der Waals surface area (Å²) >= 11 is 0. The number of nitrogens with zero attached hydrogens (tertiary/aromatic N) is 1. The van der Waals surface area contributed by atoms with Crippen LogP contribution in [0.5, 0.6) is 5.75 Å². The standard InChI is InChI=1S/C26H25N3O4/c1-2-26(20-11-7-4-8-12-20)24(31)29(25(32)28-26)17-23(30)27-21-13-15-22(16-14-21)33-18-19-9-5-3-6-10-19/h3-16H,2,17-18H2,1H3,(H,27,30)(H,28,32). The van der Waals surface area contributed by atoms with Gasteiger partial charge in [0.05, 0.1) is 0 Å². The van der Waals surface area contributed by atoms with E-state index in [1.54, 1.807) is 36.4 Å². The third-order valence-electron chi connectivity index (χ3n) is 5.66. The highest BCUT2D eigenvalue weighted by Crippen LogP contribution is 2.32. The van der Waals surface area contributed by atoms with Gasteiger partial charge in [0.25, 0.3) is 5.91 Å². The van der Waals surface area contributed by atoms with Crippen LogP contribution in [0.4, 0.5) is 10.5 Å². The molecule has 0 saturated carbocycles. The molecule has 4 rings (SSSR count). The van der Waals surface area contributed by atoms with Gasteiger partial charge in [-0.2, -0.15) is 0 Å². The second-order valence-electron chi connectivity index (χ2n) is 7.79. The van der Waals surface area contributed by atoms with Crippen molar-refractivity contribution in [2.45, 2.75) is 25.5 Å². The zero-order chi connectivity index (χ0) is 23.3. The van der Waals surface area contributed by atoms with Gasteiger partial charge in [-0.25, -0.2) is 4.79 Å². The predicted octanol–water partition coefficient (Wildman–Crippen LogP) is 4.06. The number of imide groups is 1. The minimum absolute atomic E-state index is 0.370. The molecule has 33 heavy (non-hydrogen) atoms. The van der Waals surface area contributed by atoms with Crippen LogP contribution in [0.2, 0.25) is 0 Å². The van der Waals surface area contributed by atoms with Crippen LogP contribution in [0.15, 0.2) is 84.9 Å². The molecule has 3 aromatic carbocycles. The fourth-order valence-corrected chi connectivity index (χ4v) is 3.85. The Morgan fingerprint density at radius 1 is 0.939 bits per heavy atom. The molecule has 0 spiro atoms. The molecular formula is C26H25N3O4. The van der Waals surface area contributed by atoms with Gasteiger partial charge >= 0.3 is 6.03 Å². The minimum atomic E-state index is -1.16. The number of anilines is 1. The highest BCUT2D eigenvalue weighted by atomic mass is 16.5. The maximum atomic E-state index is 13.1. The maximum absolute atomic E-state index is 13.1. The summed E-state index contributed by atoms with van der Waals surface area (Å²) in [6.07, 6.45) is 0.379. The zero-order valence-electron chi connectivity index (χ0n) is 18.3. The molecule has 2 N–H and O–H groups in total. The van der Waals surface area contributed by atoms with Crippen LogP contribution in [-0.2, 0) is 21.7 Å². The van der Waals surface area contributed by atoms with Crippen LogP contribution in [0.25, 0.3) is 0 Å². The van der Waals surface area contributed by atoms with E-state index in [0.717, 1.165) is 10.5 Å². The summed E-state index contributed by atoms with van der Waals surface area (Å²) in [7, 11) is 0. The van der Waals surface area contributed by atoms with E-state index in [2.05, 4.69) is 10.6 Å². The van der Waals surface area contributed by atoms with Gasteiger partial charge in [0.1, 0.15) is 24.4 Å². The molecule has 3 aromatic rings. The number of hydrogen-bond acceptors (Lipinski definition) is 4. The van der Waals surface area contributed by atoms with Gasteiger partial charge in [-0.3, -0.25) is 14.5 Å². The van der Waals surface area contributed by atoms with E-state index in [1.165, 1.54) is 0 Å². The van der Waals surface area contributed by atoms with Gasteiger partial charge < -0.3 is 15.4 Å². The van der Waals surface area contributed by atoms with Crippen molar-refractivity contribution in [3.05, 3.63) is 96.1 Å². The Kier molecular flexibility index (Phi) is 6.40. The van der Waals surface area contributed by atoms with Crippen molar-refractivity contribution in [2.24, 2.45) is 0 Å². The Morgan fingerprint density at radius 2 is 1.58 bits per heavy atom. The number of benzene rings is 3. The second-order valence-corrected chi connectivity index (χ2v) is 7.79. The number of rotatable bonds is 8. The summed E-state index contributed by atoms with van der Waals surface area (Å²) in [5, 5.41) is 5.51. The summed E-state index contributed by atoms with van der Waals surface area (Å²) in [4.78, 5) is 39.2. The van der Waals surface area contributed by atoms with Crippen molar-refractivity contribution in [1.29, 1.82) is 0 Å². The molecule has 0 bridgehead atoms. The monoisotopic (exact) mass is 443 g/mol. The van der Waals surface area contributed by atoms with Gasteiger partial charge in [0.2, 0.25) is 5.91 Å². The smallest absolute Gasteiger partial charge is 0.325 e. The normalized spacial score (nSPS) is 17.5. The molecule has 7 nitrogen and oxygen atoms in total. The molecule has 0 radical (unpaired) electrons. The van der Waals surface area contributed by atoms with Crippen LogP contribution in [0, 0.1) is 0 Å². The Labute approximate surface area is 192 Å². The fourth-order valence-electron chi connectivity index (χ4n) is 3.85. The number of urea groups is 1. The van der Waals surface area contributed by atoms with Gasteiger partial charge in [-0.1, -0.05) is 67.6 Å². The van der Waals surface area contributed by atoms with Gasteiger partial charge in [0, 0.05) is 5.69 Å². The first-order chi connectivity index (χ1) is 16.0. The number of hydrogen-bond donors (Lipinski definition) is 2. The van der Waals surface area contributed by atoms with Crippen molar-refractivity contribution in [3.8, 4) is 5.75 Å². The lowest BCUT2D eigenvalue weighted by molar-refractivity contribution is -0.134. The molecule has 1 aliphatic rings. The summed E-state index contributed by atoms with van der Waals surface area (Å²) in [6, 6.07) is 25.2. The van der Waals surface area contributed by atoms with Crippen LogP contribution < -0.4 is 15.4 Å². The SMILES string of the molecule is CCC1(c2ccccc2)NC(=O)N(CC(=O)Nc2ccc(OCc3ccccc3)cc2)C1=O. The Hall–Kier alpha value is -4.13. The molecule has 1 atom stereocenters. The first-order valence-electron chi connectivity index (χ1n) is 10.8. The van der Waals surface area contributed by atoms with Gasteiger partial charge in [0.15, 0.2) is 0 Å². The van der Waals surface area contributed by atoms with Crippen molar-refractivity contribution in [3.63, 3.8) is 0 Å². The summed E-state index contributed by atoms with van der Waals surface area (Å²) < 4.78 is 5.75. The Balaban J connectivity index is 1.36. The Morgan fingerprint density at radius 3 is 2.21 bits per heavy atom. The minimum Gasteiger partial charge on any atom is -0.489 e. The number of nitrogens with one attached hydrogen (secondary N) is 2. The topological polar surface area (TPSA) is 87.7 Å². The molecule has 4 amide bonds. The van der Waals surface area contributed by atoms with Gasteiger partial charge in [-0.05, 0) is 41.8 Å². The summed E-state index contributed by atoms with van der Waals surface area (Å²) in [5.41, 5.74) is 1.14. The molecule has 1 heterocycles. The van der Waals surface area contributed by atoms with Crippen LogP contribution >= 0.6 is 0 Å². The molecule has 1 aliphatic heterocycles. The van der Waals surface area contributed by atoms with E-state index in [-0.39, 0.29) is 6.54 Å². The lowest BCUT2D eigenvalue weighted by Gasteiger charge is -2.25. The molecule has 1 saturated heterocycles. The first kappa shape index (κ1) is 22.1. The summed E-state index contributed by atoms with van der Waals surface area (Å²) in [6.45, 7) is 1.90. The molecule has 7 heteroatoms. The molecular weight excluding hydrogens is 418 g/mol. The van der Waals surface area contributed by atoms with E-state index in [4.69, 9.17) is 4.74 Å². The highest BCUT2D eigenvalue weighted by Gasteiger charge is 2.51. The molecule has 1 unspecified atom stereocenters. The first-order valence-corrected chi connectivity index (χ1v) is 10.8. The van der Waals surface area contributed by atoms with E-state index in [0.29, 0.717) is 30.0 Å². The fraction of sp³-hybridized carbons (Fsp3) is 0.192. The second kappa shape index (κ2) is 9.56. The van der Waals surface area contributed by atoms with Crippen molar-refractivity contribution < 1.29 is 19.1 Å². The third-order valence-corrected chi connectivity index (χ3v) is 5.66. The number of carbonyl (C=O) groups excluding carboxylic acids is 3. The average Bonchev–Trinajstić information content (AvgIpc) is 3.10. The third kappa shape index (κ3) is 4.72.